The van der Waals surface area contributed by atoms with Gasteiger partial charge < -0.3 is 5.32 Å². The highest BCUT2D eigenvalue weighted by atomic mass is 15.0. The molecule has 1 fully saturated rings. The minimum atomic E-state index is 0.779. The Morgan fingerprint density at radius 3 is 2.41 bits per heavy atom. The van der Waals surface area contributed by atoms with Crippen molar-refractivity contribution < 1.29 is 0 Å². The Morgan fingerprint density at radius 1 is 1.06 bits per heavy atom. The molecule has 0 saturated heterocycles. The van der Waals surface area contributed by atoms with Crippen LogP contribution in [0.5, 0.6) is 0 Å². The average molecular weight is 239 g/mol. The molecule has 102 valence electrons. The van der Waals surface area contributed by atoms with E-state index in [2.05, 4.69) is 33.0 Å². The van der Waals surface area contributed by atoms with Gasteiger partial charge in [-0.05, 0) is 43.9 Å². The van der Waals surface area contributed by atoms with E-state index in [1.165, 1.54) is 51.4 Å². The quantitative estimate of drug-likeness (QED) is 0.675. The first-order valence-corrected chi connectivity index (χ1v) is 7.93. The Kier molecular flexibility index (Phi) is 7.18. The fourth-order valence-corrected chi connectivity index (χ4v) is 3.33. The smallest absolute Gasteiger partial charge is 0.00954 e. The maximum atomic E-state index is 3.96. The SMILES string of the molecule is CCCCC(CCC)NC1CCC(C)CC1C. The van der Waals surface area contributed by atoms with Gasteiger partial charge >= 0.3 is 0 Å². The average Bonchev–Trinajstić information content (AvgIpc) is 2.29. The van der Waals surface area contributed by atoms with Crippen LogP contribution in [0.4, 0.5) is 0 Å². The maximum absolute atomic E-state index is 3.96. The summed E-state index contributed by atoms with van der Waals surface area (Å²) in [6.45, 7) is 9.46. The summed E-state index contributed by atoms with van der Waals surface area (Å²) in [5.74, 6) is 1.82. The van der Waals surface area contributed by atoms with Crippen LogP contribution in [-0.2, 0) is 0 Å². The first-order chi connectivity index (χ1) is 8.17. The molecule has 0 aliphatic heterocycles. The first-order valence-electron chi connectivity index (χ1n) is 7.93. The van der Waals surface area contributed by atoms with Crippen molar-refractivity contribution in [1.82, 2.24) is 5.32 Å². The van der Waals surface area contributed by atoms with Crippen LogP contribution >= 0.6 is 0 Å². The Balaban J connectivity index is 2.37. The van der Waals surface area contributed by atoms with Crippen LogP contribution in [0.15, 0.2) is 0 Å². The van der Waals surface area contributed by atoms with Crippen molar-refractivity contribution in [2.24, 2.45) is 11.8 Å². The Morgan fingerprint density at radius 2 is 1.82 bits per heavy atom. The third-order valence-electron chi connectivity index (χ3n) is 4.42. The predicted molar refractivity (Wildman–Crippen MR) is 77.3 cm³/mol. The van der Waals surface area contributed by atoms with Crippen LogP contribution in [0.1, 0.15) is 79.1 Å². The monoisotopic (exact) mass is 239 g/mol. The van der Waals surface area contributed by atoms with Crippen molar-refractivity contribution in [2.75, 3.05) is 0 Å². The normalized spacial score (nSPS) is 31.4. The summed E-state index contributed by atoms with van der Waals surface area (Å²) in [6, 6.07) is 1.57. The summed E-state index contributed by atoms with van der Waals surface area (Å²) in [7, 11) is 0. The maximum Gasteiger partial charge on any atom is 0.00954 e. The fraction of sp³-hybridized carbons (Fsp3) is 1.00. The third-order valence-corrected chi connectivity index (χ3v) is 4.42. The molecule has 1 aliphatic rings. The zero-order valence-electron chi connectivity index (χ0n) is 12.5. The van der Waals surface area contributed by atoms with Crippen LogP contribution in [0.3, 0.4) is 0 Å². The lowest BCUT2D eigenvalue weighted by atomic mass is 9.79. The molecule has 0 radical (unpaired) electrons. The van der Waals surface area contributed by atoms with Gasteiger partial charge in [0.25, 0.3) is 0 Å². The van der Waals surface area contributed by atoms with Crippen LogP contribution in [0, 0.1) is 11.8 Å². The topological polar surface area (TPSA) is 12.0 Å². The molecule has 0 aromatic heterocycles. The van der Waals surface area contributed by atoms with Gasteiger partial charge in [-0.2, -0.15) is 0 Å². The van der Waals surface area contributed by atoms with Crippen LogP contribution in [-0.4, -0.2) is 12.1 Å². The molecule has 1 heteroatoms. The second-order valence-electron chi connectivity index (χ2n) is 6.30. The first kappa shape index (κ1) is 15.0. The molecule has 4 atom stereocenters. The minimum Gasteiger partial charge on any atom is -0.311 e. The molecule has 0 amide bonds. The molecular formula is C16H33N. The van der Waals surface area contributed by atoms with Crippen molar-refractivity contribution in [3.8, 4) is 0 Å². The van der Waals surface area contributed by atoms with E-state index in [0.29, 0.717) is 0 Å². The largest absolute Gasteiger partial charge is 0.311 e. The third kappa shape index (κ3) is 5.42. The Labute approximate surface area is 109 Å². The predicted octanol–water partition coefficient (Wildman–Crippen LogP) is 4.76. The van der Waals surface area contributed by atoms with Gasteiger partial charge in [0.2, 0.25) is 0 Å². The van der Waals surface area contributed by atoms with Crippen molar-refractivity contribution >= 4 is 0 Å². The molecule has 0 heterocycles. The van der Waals surface area contributed by atoms with Gasteiger partial charge in [0.15, 0.2) is 0 Å². The summed E-state index contributed by atoms with van der Waals surface area (Å²) in [6.07, 6.45) is 11.0. The van der Waals surface area contributed by atoms with Gasteiger partial charge in [0, 0.05) is 12.1 Å². The van der Waals surface area contributed by atoms with Gasteiger partial charge in [-0.25, -0.2) is 0 Å². The lowest BCUT2D eigenvalue weighted by Gasteiger charge is -2.36. The molecule has 4 unspecified atom stereocenters. The van der Waals surface area contributed by atoms with Gasteiger partial charge in [0.05, 0.1) is 0 Å². The Hall–Kier alpha value is -0.0400. The van der Waals surface area contributed by atoms with Gasteiger partial charge in [-0.3, -0.25) is 0 Å². The molecular weight excluding hydrogens is 206 g/mol. The molecule has 1 saturated carbocycles. The zero-order chi connectivity index (χ0) is 12.7. The molecule has 0 aromatic rings. The molecule has 17 heavy (non-hydrogen) atoms. The van der Waals surface area contributed by atoms with Crippen molar-refractivity contribution in [1.29, 1.82) is 0 Å². The number of nitrogens with one attached hydrogen (secondary N) is 1. The van der Waals surface area contributed by atoms with E-state index in [9.17, 15) is 0 Å². The summed E-state index contributed by atoms with van der Waals surface area (Å²) >= 11 is 0. The van der Waals surface area contributed by atoms with E-state index in [0.717, 1.165) is 23.9 Å². The molecule has 1 nitrogen and oxygen atoms in total. The van der Waals surface area contributed by atoms with E-state index >= 15 is 0 Å². The highest BCUT2D eigenvalue weighted by molar-refractivity contribution is 4.83. The standard InChI is InChI=1S/C16H33N/c1-5-7-9-15(8-6-2)17-16-11-10-13(3)12-14(16)4/h13-17H,5-12H2,1-4H3. The fourth-order valence-electron chi connectivity index (χ4n) is 3.33. The molecule has 1 aliphatic carbocycles. The van der Waals surface area contributed by atoms with E-state index < -0.39 is 0 Å². The minimum absolute atomic E-state index is 0.779. The summed E-state index contributed by atoms with van der Waals surface area (Å²) in [5, 5.41) is 3.96. The summed E-state index contributed by atoms with van der Waals surface area (Å²) < 4.78 is 0. The van der Waals surface area contributed by atoms with Crippen LogP contribution in [0.2, 0.25) is 0 Å². The molecule has 1 N–H and O–H groups in total. The number of hydrogen-bond donors (Lipinski definition) is 1. The van der Waals surface area contributed by atoms with E-state index in [1.807, 2.05) is 0 Å². The van der Waals surface area contributed by atoms with E-state index in [-0.39, 0.29) is 0 Å². The lowest BCUT2D eigenvalue weighted by Crippen LogP contribution is -2.44. The van der Waals surface area contributed by atoms with E-state index in [4.69, 9.17) is 0 Å². The van der Waals surface area contributed by atoms with Crippen LogP contribution in [0.25, 0.3) is 0 Å². The van der Waals surface area contributed by atoms with E-state index in [1.54, 1.807) is 0 Å². The molecule has 1 rings (SSSR count). The summed E-state index contributed by atoms with van der Waals surface area (Å²) in [4.78, 5) is 0. The van der Waals surface area contributed by atoms with Crippen molar-refractivity contribution in [3.05, 3.63) is 0 Å². The van der Waals surface area contributed by atoms with Crippen molar-refractivity contribution in [2.45, 2.75) is 91.1 Å². The number of rotatable bonds is 7. The van der Waals surface area contributed by atoms with Gasteiger partial charge in [-0.1, -0.05) is 47.0 Å². The summed E-state index contributed by atoms with van der Waals surface area (Å²) in [5.41, 5.74) is 0. The Bertz CT molecular complexity index is 190. The second-order valence-corrected chi connectivity index (χ2v) is 6.30. The number of hydrogen-bond acceptors (Lipinski definition) is 1. The lowest BCUT2D eigenvalue weighted by molar-refractivity contribution is 0.206. The van der Waals surface area contributed by atoms with Crippen molar-refractivity contribution in [3.63, 3.8) is 0 Å². The van der Waals surface area contributed by atoms with Gasteiger partial charge in [0.1, 0.15) is 0 Å². The molecule has 0 aromatic carbocycles. The zero-order valence-corrected chi connectivity index (χ0v) is 12.5. The number of unbranched alkanes of at least 4 members (excludes halogenated alkanes) is 1. The molecule has 0 spiro atoms. The van der Waals surface area contributed by atoms with Crippen LogP contribution < -0.4 is 5.32 Å². The second kappa shape index (κ2) is 8.13. The highest BCUT2D eigenvalue weighted by Crippen LogP contribution is 2.29. The highest BCUT2D eigenvalue weighted by Gasteiger charge is 2.26. The van der Waals surface area contributed by atoms with Gasteiger partial charge in [-0.15, -0.1) is 0 Å². The molecule has 0 bridgehead atoms.